The van der Waals surface area contributed by atoms with Crippen LogP contribution in [0.5, 0.6) is 5.75 Å². The van der Waals surface area contributed by atoms with Gasteiger partial charge in [-0.05, 0) is 36.8 Å². The van der Waals surface area contributed by atoms with Crippen molar-refractivity contribution in [3.05, 3.63) is 29.3 Å². The molecular formula is C21H25BF3NO8. The predicted molar refractivity (Wildman–Crippen MR) is 111 cm³/mol. The van der Waals surface area contributed by atoms with Crippen molar-refractivity contribution >= 4 is 25.0 Å². The smallest absolute Gasteiger partial charge is 0.534 e. The van der Waals surface area contributed by atoms with Crippen LogP contribution in [-0.4, -0.2) is 62.1 Å². The van der Waals surface area contributed by atoms with E-state index in [0.29, 0.717) is 18.8 Å². The number of benzene rings is 1. The summed E-state index contributed by atoms with van der Waals surface area (Å²) in [5.74, 6) is -3.04. The number of fused-ring (bicyclic) bond motifs is 1. The molecule has 2 aliphatic rings. The number of para-hydroxylation sites is 1. The number of halogens is 3. The summed E-state index contributed by atoms with van der Waals surface area (Å²) >= 11 is 0. The number of alkyl halides is 3. The summed E-state index contributed by atoms with van der Waals surface area (Å²) in [4.78, 5) is 36.2. The Labute approximate surface area is 194 Å². The van der Waals surface area contributed by atoms with Crippen molar-refractivity contribution in [2.24, 2.45) is 5.92 Å². The normalized spacial score (nSPS) is 18.5. The highest BCUT2D eigenvalue weighted by Crippen LogP contribution is 2.31. The molecule has 1 saturated heterocycles. The highest BCUT2D eigenvalue weighted by atomic mass is 19.4. The second-order valence-electron chi connectivity index (χ2n) is 8.12. The molecule has 1 atom stereocenters. The van der Waals surface area contributed by atoms with Crippen LogP contribution in [-0.2, 0) is 30.2 Å². The van der Waals surface area contributed by atoms with Gasteiger partial charge in [0.1, 0.15) is 11.3 Å². The predicted octanol–water partition coefficient (Wildman–Crippen LogP) is 1.94. The van der Waals surface area contributed by atoms with E-state index in [1.54, 1.807) is 6.07 Å². The zero-order valence-electron chi connectivity index (χ0n) is 18.3. The second kappa shape index (κ2) is 11.6. The van der Waals surface area contributed by atoms with Gasteiger partial charge in [0, 0.05) is 26.1 Å². The maximum Gasteiger partial charge on any atom is 0.547 e. The molecule has 13 heteroatoms. The molecular weight excluding hydrogens is 462 g/mol. The molecule has 3 rings (SSSR count). The first-order valence-electron chi connectivity index (χ1n) is 10.9. The van der Waals surface area contributed by atoms with Crippen molar-refractivity contribution in [3.8, 4) is 5.75 Å². The molecule has 9 nitrogen and oxygen atoms in total. The summed E-state index contributed by atoms with van der Waals surface area (Å²) in [5, 5.41) is 12.5. The Kier molecular flexibility index (Phi) is 8.78. The molecule has 0 bridgehead atoms. The Balaban J connectivity index is 1.51. The molecule has 0 aromatic heterocycles. The van der Waals surface area contributed by atoms with Gasteiger partial charge in [-0.2, -0.15) is 13.2 Å². The maximum absolute atomic E-state index is 12.5. The van der Waals surface area contributed by atoms with Gasteiger partial charge in [0.2, 0.25) is 12.7 Å². The molecule has 34 heavy (non-hydrogen) atoms. The summed E-state index contributed by atoms with van der Waals surface area (Å²) in [6.07, 6.45) is -4.79. The van der Waals surface area contributed by atoms with E-state index in [1.807, 2.05) is 0 Å². The van der Waals surface area contributed by atoms with E-state index in [2.05, 4.69) is 5.32 Å². The van der Waals surface area contributed by atoms with Crippen LogP contribution in [0.3, 0.4) is 0 Å². The Hall–Kier alpha value is -2.80. The van der Waals surface area contributed by atoms with E-state index in [4.69, 9.17) is 18.9 Å². The summed E-state index contributed by atoms with van der Waals surface area (Å²) < 4.78 is 57.5. The number of carbonyl (C=O) groups is 3. The molecule has 186 valence electrons. The van der Waals surface area contributed by atoms with Crippen LogP contribution in [0.25, 0.3) is 0 Å². The third kappa shape index (κ3) is 7.62. The number of nitrogens with one attached hydrogen (secondary N) is 1. The van der Waals surface area contributed by atoms with Crippen LogP contribution in [0.4, 0.5) is 13.2 Å². The van der Waals surface area contributed by atoms with Crippen molar-refractivity contribution in [2.75, 3.05) is 20.0 Å². The third-order valence-electron chi connectivity index (χ3n) is 5.53. The molecule has 0 radical (unpaired) electrons. The Morgan fingerprint density at radius 2 is 1.91 bits per heavy atom. The van der Waals surface area contributed by atoms with E-state index < -0.39 is 56.7 Å². The molecule has 0 unspecified atom stereocenters. The average Bonchev–Trinajstić information content (AvgIpc) is 2.78. The molecule has 1 amide bonds. The van der Waals surface area contributed by atoms with Gasteiger partial charge in [-0.25, -0.2) is 4.79 Å². The fourth-order valence-electron chi connectivity index (χ4n) is 3.71. The molecule has 2 N–H and O–H groups in total. The van der Waals surface area contributed by atoms with Crippen LogP contribution in [0.1, 0.15) is 48.0 Å². The first kappa shape index (κ1) is 25.8. The lowest BCUT2D eigenvalue weighted by Gasteiger charge is -2.29. The fraction of sp³-hybridized carbons (Fsp3) is 0.571. The van der Waals surface area contributed by atoms with Gasteiger partial charge in [-0.15, -0.1) is 0 Å². The van der Waals surface area contributed by atoms with Gasteiger partial charge in [0.25, 0.3) is 0 Å². The van der Waals surface area contributed by atoms with Gasteiger partial charge in [-0.1, -0.05) is 12.1 Å². The highest BCUT2D eigenvalue weighted by Gasteiger charge is 2.38. The lowest BCUT2D eigenvalue weighted by atomic mass is 9.72. The summed E-state index contributed by atoms with van der Waals surface area (Å²) in [6.45, 7) is 0.594. The number of esters is 2. The lowest BCUT2D eigenvalue weighted by molar-refractivity contribution is -0.154. The third-order valence-corrected chi connectivity index (χ3v) is 5.53. The standard InChI is InChI=1S/C21H25BF3NO8/c23-21(24,25)7-4-17(27)26-16-11-14-2-1-3-15(19(14)34-22(16)30)20(29)33-12-32-18(28)10-13-5-8-31-9-6-13/h1-3,13,16,30H,4-12H2,(H,26,27)/t16-/m0/s1. The van der Waals surface area contributed by atoms with Gasteiger partial charge >= 0.3 is 25.2 Å². The molecule has 0 spiro atoms. The van der Waals surface area contributed by atoms with Gasteiger partial charge in [0.15, 0.2) is 0 Å². The van der Waals surface area contributed by atoms with Crippen LogP contribution < -0.4 is 9.97 Å². The van der Waals surface area contributed by atoms with E-state index in [0.717, 1.165) is 12.8 Å². The van der Waals surface area contributed by atoms with Crippen molar-refractivity contribution in [1.82, 2.24) is 5.32 Å². The SMILES string of the molecule is O=C(CCC(F)(F)F)N[C@H]1Cc2cccc(C(=O)OCOC(=O)CC3CCOCC3)c2OB1O. The van der Waals surface area contributed by atoms with Crippen molar-refractivity contribution in [1.29, 1.82) is 0 Å². The number of hydrogen-bond donors (Lipinski definition) is 2. The van der Waals surface area contributed by atoms with Crippen molar-refractivity contribution < 1.29 is 51.4 Å². The fourth-order valence-corrected chi connectivity index (χ4v) is 3.71. The summed E-state index contributed by atoms with van der Waals surface area (Å²) in [6, 6.07) is 4.50. The van der Waals surface area contributed by atoms with Crippen LogP contribution in [0.15, 0.2) is 18.2 Å². The quantitative estimate of drug-likeness (QED) is 0.325. The second-order valence-corrected chi connectivity index (χ2v) is 8.12. The van der Waals surface area contributed by atoms with E-state index in [1.165, 1.54) is 12.1 Å². The molecule has 1 aromatic rings. The zero-order chi connectivity index (χ0) is 24.7. The highest BCUT2D eigenvalue weighted by molar-refractivity contribution is 6.47. The van der Waals surface area contributed by atoms with Crippen molar-refractivity contribution in [3.63, 3.8) is 0 Å². The zero-order valence-corrected chi connectivity index (χ0v) is 18.3. The monoisotopic (exact) mass is 487 g/mol. The van der Waals surface area contributed by atoms with Gasteiger partial charge in [0.05, 0.1) is 12.4 Å². The Bertz CT molecular complexity index is 891. The minimum absolute atomic E-state index is 0.0225. The van der Waals surface area contributed by atoms with Gasteiger partial charge in [-0.3, -0.25) is 9.59 Å². The number of hydrogen-bond acceptors (Lipinski definition) is 8. The van der Waals surface area contributed by atoms with Crippen LogP contribution >= 0.6 is 0 Å². The minimum Gasteiger partial charge on any atom is -0.534 e. The van der Waals surface area contributed by atoms with Crippen LogP contribution in [0.2, 0.25) is 0 Å². The molecule has 1 aromatic carbocycles. The first-order chi connectivity index (χ1) is 16.1. The maximum atomic E-state index is 12.5. The van der Waals surface area contributed by atoms with Crippen molar-refractivity contribution in [2.45, 2.75) is 50.6 Å². The molecule has 2 heterocycles. The van der Waals surface area contributed by atoms with Gasteiger partial charge < -0.3 is 29.2 Å². The summed E-state index contributed by atoms with van der Waals surface area (Å²) in [7, 11) is -1.59. The number of ether oxygens (including phenoxy) is 3. The molecule has 0 aliphatic carbocycles. The Morgan fingerprint density at radius 1 is 1.18 bits per heavy atom. The average molecular weight is 487 g/mol. The molecule has 0 saturated carbocycles. The minimum atomic E-state index is -4.47. The number of rotatable bonds is 8. The van der Waals surface area contributed by atoms with Crippen LogP contribution in [0, 0.1) is 5.92 Å². The summed E-state index contributed by atoms with van der Waals surface area (Å²) in [5.41, 5.74) is 0.413. The van der Waals surface area contributed by atoms with E-state index >= 15 is 0 Å². The topological polar surface area (TPSA) is 120 Å². The van der Waals surface area contributed by atoms with E-state index in [9.17, 15) is 32.6 Å². The number of carbonyl (C=O) groups excluding carboxylic acids is 3. The molecule has 1 fully saturated rings. The molecule has 2 aliphatic heterocycles. The largest absolute Gasteiger partial charge is 0.547 e. The van der Waals surface area contributed by atoms with E-state index in [-0.39, 0.29) is 30.1 Å². The number of amides is 1. The Morgan fingerprint density at radius 3 is 2.62 bits per heavy atom. The lowest BCUT2D eigenvalue weighted by Crippen LogP contribution is -2.53. The first-order valence-corrected chi connectivity index (χ1v) is 10.9.